The summed E-state index contributed by atoms with van der Waals surface area (Å²) in [6, 6.07) is 0. The number of hydrogen-bond donors (Lipinski definition) is 2. The van der Waals surface area contributed by atoms with Crippen molar-refractivity contribution in [1.82, 2.24) is 0 Å². The van der Waals surface area contributed by atoms with Crippen LogP contribution in [0.4, 0.5) is 0 Å². The summed E-state index contributed by atoms with van der Waals surface area (Å²) in [5, 5.41) is 19.7. The van der Waals surface area contributed by atoms with E-state index in [1.54, 1.807) is 0 Å². The Labute approximate surface area is 115 Å². The number of aliphatic hydroxyl groups is 2. The van der Waals surface area contributed by atoms with E-state index in [1.165, 1.54) is 0 Å². The third-order valence-corrected chi connectivity index (χ3v) is 3.39. The van der Waals surface area contributed by atoms with Gasteiger partial charge in [-0.2, -0.15) is 0 Å². The molecule has 0 spiro atoms. The summed E-state index contributed by atoms with van der Waals surface area (Å²) in [5.74, 6) is 0. The lowest BCUT2D eigenvalue weighted by molar-refractivity contribution is -0.293. The zero-order valence-electron chi connectivity index (χ0n) is 12.2. The van der Waals surface area contributed by atoms with Gasteiger partial charge in [0.2, 0.25) is 0 Å². The molecule has 2 N–H and O–H groups in total. The Morgan fingerprint density at radius 1 is 0.947 bits per heavy atom. The summed E-state index contributed by atoms with van der Waals surface area (Å²) >= 11 is 0. The van der Waals surface area contributed by atoms with Gasteiger partial charge in [0.05, 0.1) is 6.10 Å². The second-order valence-corrected chi connectivity index (χ2v) is 5.10. The van der Waals surface area contributed by atoms with Crippen LogP contribution in [0.2, 0.25) is 0 Å². The van der Waals surface area contributed by atoms with Gasteiger partial charge in [0.25, 0.3) is 0 Å². The summed E-state index contributed by atoms with van der Waals surface area (Å²) < 4.78 is 16.8. The minimum absolute atomic E-state index is 0.290. The molecular formula is C14H28O5. The first-order chi connectivity index (χ1) is 9.11. The van der Waals surface area contributed by atoms with Crippen molar-refractivity contribution >= 4 is 0 Å². The van der Waals surface area contributed by atoms with Gasteiger partial charge in [0.15, 0.2) is 6.29 Å². The topological polar surface area (TPSA) is 68.2 Å². The lowest BCUT2D eigenvalue weighted by Gasteiger charge is -2.41. The zero-order valence-corrected chi connectivity index (χ0v) is 12.2. The van der Waals surface area contributed by atoms with E-state index in [9.17, 15) is 10.2 Å². The standard InChI is InChI=1S/C14H28O5/c1-4-6-8-17-12-10(3)19-14(16)11(15)13(12)18-9-7-5-2/h10-16H,4-9H2,1-3H3/t10?,11?,12?,13?,14-/m1/s1. The normalized spacial score (nSPS) is 35.5. The molecular weight excluding hydrogens is 248 g/mol. The molecule has 5 heteroatoms. The molecule has 0 aliphatic carbocycles. The number of unbranched alkanes of at least 4 members (excludes halogenated alkanes) is 2. The molecule has 0 radical (unpaired) electrons. The molecule has 1 heterocycles. The molecule has 0 aromatic carbocycles. The van der Waals surface area contributed by atoms with Gasteiger partial charge < -0.3 is 24.4 Å². The number of hydrogen-bond acceptors (Lipinski definition) is 5. The lowest BCUT2D eigenvalue weighted by atomic mass is 9.99. The SMILES string of the molecule is CCCCOC1C(C)O[C@@H](O)C(O)C1OCCCC. The van der Waals surface area contributed by atoms with E-state index in [2.05, 4.69) is 13.8 Å². The Kier molecular flexibility index (Phi) is 7.87. The number of aliphatic hydroxyl groups excluding tert-OH is 2. The molecule has 0 bridgehead atoms. The summed E-state index contributed by atoms with van der Waals surface area (Å²) in [5.41, 5.74) is 0. The molecule has 0 aromatic rings. The fraction of sp³-hybridized carbons (Fsp3) is 1.00. The van der Waals surface area contributed by atoms with E-state index in [4.69, 9.17) is 14.2 Å². The van der Waals surface area contributed by atoms with Crippen LogP contribution in [0, 0.1) is 0 Å². The third-order valence-electron chi connectivity index (χ3n) is 3.39. The van der Waals surface area contributed by atoms with E-state index < -0.39 is 18.5 Å². The van der Waals surface area contributed by atoms with Gasteiger partial charge in [0, 0.05) is 13.2 Å². The number of rotatable bonds is 8. The molecule has 5 atom stereocenters. The van der Waals surface area contributed by atoms with Crippen LogP contribution >= 0.6 is 0 Å². The monoisotopic (exact) mass is 276 g/mol. The van der Waals surface area contributed by atoms with Gasteiger partial charge in [-0.25, -0.2) is 0 Å². The van der Waals surface area contributed by atoms with Crippen molar-refractivity contribution in [2.45, 2.75) is 77.2 Å². The van der Waals surface area contributed by atoms with Crippen LogP contribution in [0.1, 0.15) is 46.5 Å². The van der Waals surface area contributed by atoms with E-state index >= 15 is 0 Å². The van der Waals surface area contributed by atoms with Crippen LogP contribution in [-0.4, -0.2) is 54.1 Å². The third kappa shape index (κ3) is 5.00. The van der Waals surface area contributed by atoms with Gasteiger partial charge in [-0.15, -0.1) is 0 Å². The first kappa shape index (κ1) is 16.9. The van der Waals surface area contributed by atoms with Crippen LogP contribution in [0.15, 0.2) is 0 Å². The molecule has 1 aliphatic rings. The predicted molar refractivity (Wildman–Crippen MR) is 71.9 cm³/mol. The Morgan fingerprint density at radius 3 is 2.00 bits per heavy atom. The fourth-order valence-electron chi connectivity index (χ4n) is 2.15. The van der Waals surface area contributed by atoms with Gasteiger partial charge in [-0.05, 0) is 19.8 Å². The fourth-order valence-corrected chi connectivity index (χ4v) is 2.15. The average Bonchev–Trinajstić information content (AvgIpc) is 2.38. The first-order valence-corrected chi connectivity index (χ1v) is 7.36. The Hall–Kier alpha value is -0.200. The first-order valence-electron chi connectivity index (χ1n) is 7.36. The molecule has 114 valence electrons. The molecule has 1 aliphatic heterocycles. The predicted octanol–water partition coefficient (Wildman–Crippen LogP) is 1.45. The van der Waals surface area contributed by atoms with Crippen LogP contribution < -0.4 is 0 Å². The average molecular weight is 276 g/mol. The number of ether oxygens (including phenoxy) is 3. The highest BCUT2D eigenvalue weighted by Crippen LogP contribution is 2.25. The minimum atomic E-state index is -1.20. The maximum absolute atomic E-state index is 10.0. The molecule has 0 aromatic heterocycles. The quantitative estimate of drug-likeness (QED) is 0.657. The highest BCUT2D eigenvalue weighted by Gasteiger charge is 2.44. The second-order valence-electron chi connectivity index (χ2n) is 5.10. The van der Waals surface area contributed by atoms with Crippen LogP contribution in [0.25, 0.3) is 0 Å². The maximum atomic E-state index is 10.0. The molecule has 19 heavy (non-hydrogen) atoms. The van der Waals surface area contributed by atoms with Gasteiger partial charge in [0.1, 0.15) is 18.3 Å². The highest BCUT2D eigenvalue weighted by atomic mass is 16.7. The van der Waals surface area contributed by atoms with E-state index in [-0.39, 0.29) is 12.2 Å². The van der Waals surface area contributed by atoms with Crippen molar-refractivity contribution in [3.63, 3.8) is 0 Å². The van der Waals surface area contributed by atoms with E-state index in [0.29, 0.717) is 13.2 Å². The molecule has 0 amide bonds. The van der Waals surface area contributed by atoms with Crippen LogP contribution in [0.5, 0.6) is 0 Å². The smallest absolute Gasteiger partial charge is 0.183 e. The molecule has 1 fully saturated rings. The summed E-state index contributed by atoms with van der Waals surface area (Å²) in [6.45, 7) is 7.19. The van der Waals surface area contributed by atoms with Crippen molar-refractivity contribution in [2.24, 2.45) is 0 Å². The van der Waals surface area contributed by atoms with Crippen LogP contribution in [-0.2, 0) is 14.2 Å². The highest BCUT2D eigenvalue weighted by molar-refractivity contribution is 4.89. The Bertz CT molecular complexity index is 236. The van der Waals surface area contributed by atoms with Crippen molar-refractivity contribution in [3.8, 4) is 0 Å². The van der Waals surface area contributed by atoms with Crippen LogP contribution in [0.3, 0.4) is 0 Å². The summed E-state index contributed by atoms with van der Waals surface area (Å²) in [7, 11) is 0. The maximum Gasteiger partial charge on any atom is 0.183 e. The van der Waals surface area contributed by atoms with Gasteiger partial charge in [-0.1, -0.05) is 26.7 Å². The van der Waals surface area contributed by atoms with Crippen molar-refractivity contribution in [3.05, 3.63) is 0 Å². The van der Waals surface area contributed by atoms with E-state index in [1.807, 2.05) is 6.92 Å². The van der Waals surface area contributed by atoms with Gasteiger partial charge in [-0.3, -0.25) is 0 Å². The van der Waals surface area contributed by atoms with Gasteiger partial charge >= 0.3 is 0 Å². The van der Waals surface area contributed by atoms with Crippen molar-refractivity contribution < 1.29 is 24.4 Å². The molecule has 4 unspecified atom stereocenters. The lowest BCUT2D eigenvalue weighted by Crippen LogP contribution is -2.58. The van der Waals surface area contributed by atoms with Crippen molar-refractivity contribution in [2.75, 3.05) is 13.2 Å². The summed E-state index contributed by atoms with van der Waals surface area (Å²) in [6.07, 6.45) is 0.561. The molecule has 1 rings (SSSR count). The minimum Gasteiger partial charge on any atom is -0.385 e. The molecule has 0 saturated carbocycles. The molecule has 1 saturated heterocycles. The zero-order chi connectivity index (χ0) is 14.3. The van der Waals surface area contributed by atoms with Crippen molar-refractivity contribution in [1.29, 1.82) is 0 Å². The Balaban J connectivity index is 2.57. The second kappa shape index (κ2) is 8.87. The Morgan fingerprint density at radius 2 is 1.47 bits per heavy atom. The molecule has 5 nitrogen and oxygen atoms in total. The van der Waals surface area contributed by atoms with E-state index in [0.717, 1.165) is 25.7 Å². The summed E-state index contributed by atoms with van der Waals surface area (Å²) in [4.78, 5) is 0. The largest absolute Gasteiger partial charge is 0.385 e.